The van der Waals surface area contributed by atoms with Crippen LogP contribution in [0.2, 0.25) is 0 Å². The Hall–Kier alpha value is -0.0400. The van der Waals surface area contributed by atoms with Gasteiger partial charge in [-0.2, -0.15) is 0 Å². The summed E-state index contributed by atoms with van der Waals surface area (Å²) < 4.78 is 0. The van der Waals surface area contributed by atoms with Crippen molar-refractivity contribution in [1.82, 2.24) is 0 Å². The zero-order chi connectivity index (χ0) is 12.2. The number of aliphatic hydroxyl groups excluding tert-OH is 1. The van der Waals surface area contributed by atoms with Crippen LogP contribution in [0.25, 0.3) is 0 Å². The van der Waals surface area contributed by atoms with Gasteiger partial charge in [0.15, 0.2) is 0 Å². The molecule has 0 aliphatic rings. The molecule has 0 aromatic heterocycles. The number of unbranched alkanes of at least 4 members (excludes halogenated alkanes) is 7. The fraction of sp³-hybridized carbons (Fsp3) is 1.00. The molecule has 1 atom stereocenters. The first-order chi connectivity index (χ1) is 7.63. The molecule has 0 aliphatic carbocycles. The summed E-state index contributed by atoms with van der Waals surface area (Å²) in [5.74, 6) is 0.875. The molecule has 0 heterocycles. The third-order valence-corrected chi connectivity index (χ3v) is 3.15. The highest BCUT2D eigenvalue weighted by Gasteiger charge is 1.96. The number of rotatable bonds is 11. The zero-order valence-corrected chi connectivity index (χ0v) is 11.7. The fourth-order valence-corrected chi connectivity index (χ4v) is 2.05. The normalized spacial score (nSPS) is 13.3. The highest BCUT2D eigenvalue weighted by Crippen LogP contribution is 2.13. The standard InChI is InChI=1S/C15H32O/c1-14(2)12-10-8-6-4-5-7-9-11-13-15(3)16/h14-16H,4-13H2,1-3H3. The summed E-state index contributed by atoms with van der Waals surface area (Å²) >= 11 is 0. The van der Waals surface area contributed by atoms with Crippen molar-refractivity contribution < 1.29 is 5.11 Å². The Bertz CT molecular complexity index is 113. The first-order valence-electron chi connectivity index (χ1n) is 7.31. The van der Waals surface area contributed by atoms with Gasteiger partial charge in [0.2, 0.25) is 0 Å². The Labute approximate surface area is 103 Å². The molecule has 16 heavy (non-hydrogen) atoms. The molecule has 0 bridgehead atoms. The van der Waals surface area contributed by atoms with Crippen molar-refractivity contribution in [3.05, 3.63) is 0 Å². The monoisotopic (exact) mass is 228 g/mol. The minimum atomic E-state index is -0.101. The molecular weight excluding hydrogens is 196 g/mol. The van der Waals surface area contributed by atoms with Crippen LogP contribution in [0.15, 0.2) is 0 Å². The molecule has 1 nitrogen and oxygen atoms in total. The lowest BCUT2D eigenvalue weighted by atomic mass is 10.0. The summed E-state index contributed by atoms with van der Waals surface area (Å²) in [7, 11) is 0. The number of hydrogen-bond donors (Lipinski definition) is 1. The van der Waals surface area contributed by atoms with Crippen LogP contribution in [0, 0.1) is 5.92 Å². The van der Waals surface area contributed by atoms with Gasteiger partial charge in [-0.15, -0.1) is 0 Å². The SMILES string of the molecule is CC(C)CCCCCCCCCCC(C)O. The first-order valence-corrected chi connectivity index (χ1v) is 7.31. The van der Waals surface area contributed by atoms with Crippen molar-refractivity contribution in [2.24, 2.45) is 5.92 Å². The fourth-order valence-electron chi connectivity index (χ4n) is 2.05. The van der Waals surface area contributed by atoms with E-state index in [-0.39, 0.29) is 6.10 Å². The molecular formula is C15H32O. The molecule has 1 unspecified atom stereocenters. The van der Waals surface area contributed by atoms with E-state index in [2.05, 4.69) is 13.8 Å². The Morgan fingerprint density at radius 2 is 1.00 bits per heavy atom. The van der Waals surface area contributed by atoms with Crippen LogP contribution in [0.3, 0.4) is 0 Å². The lowest BCUT2D eigenvalue weighted by Gasteiger charge is -2.05. The topological polar surface area (TPSA) is 20.2 Å². The van der Waals surface area contributed by atoms with Crippen LogP contribution in [0.1, 0.15) is 85.0 Å². The average Bonchev–Trinajstić information content (AvgIpc) is 2.20. The summed E-state index contributed by atoms with van der Waals surface area (Å²) in [6.07, 6.45) is 13.2. The number of hydrogen-bond acceptors (Lipinski definition) is 1. The Morgan fingerprint density at radius 3 is 1.38 bits per heavy atom. The predicted molar refractivity (Wildman–Crippen MR) is 72.7 cm³/mol. The molecule has 0 rings (SSSR count). The maximum Gasteiger partial charge on any atom is 0.0512 e. The molecule has 0 radical (unpaired) electrons. The van der Waals surface area contributed by atoms with Crippen molar-refractivity contribution in [1.29, 1.82) is 0 Å². The van der Waals surface area contributed by atoms with Crippen molar-refractivity contribution in [3.63, 3.8) is 0 Å². The molecule has 0 aromatic rings. The highest BCUT2D eigenvalue weighted by molar-refractivity contribution is 4.51. The van der Waals surface area contributed by atoms with Gasteiger partial charge < -0.3 is 5.11 Å². The van der Waals surface area contributed by atoms with Crippen molar-refractivity contribution >= 4 is 0 Å². The predicted octanol–water partition coefficient (Wildman–Crippen LogP) is 4.92. The van der Waals surface area contributed by atoms with E-state index in [4.69, 9.17) is 5.11 Å². The van der Waals surface area contributed by atoms with Crippen LogP contribution in [-0.4, -0.2) is 11.2 Å². The van der Waals surface area contributed by atoms with Gasteiger partial charge in [-0.1, -0.05) is 71.6 Å². The second-order valence-electron chi connectivity index (χ2n) is 5.65. The zero-order valence-electron chi connectivity index (χ0n) is 11.7. The molecule has 98 valence electrons. The Kier molecular flexibility index (Phi) is 11.4. The van der Waals surface area contributed by atoms with Crippen LogP contribution in [0.4, 0.5) is 0 Å². The molecule has 0 fully saturated rings. The largest absolute Gasteiger partial charge is 0.393 e. The van der Waals surface area contributed by atoms with E-state index in [1.807, 2.05) is 6.92 Å². The lowest BCUT2D eigenvalue weighted by Crippen LogP contribution is -1.98. The summed E-state index contributed by atoms with van der Waals surface area (Å²) in [5, 5.41) is 9.10. The molecule has 0 saturated carbocycles. The minimum absolute atomic E-state index is 0.101. The van der Waals surface area contributed by atoms with E-state index in [0.29, 0.717) is 0 Å². The van der Waals surface area contributed by atoms with Crippen molar-refractivity contribution in [2.75, 3.05) is 0 Å². The van der Waals surface area contributed by atoms with E-state index in [0.717, 1.165) is 12.3 Å². The molecule has 0 saturated heterocycles. The molecule has 0 amide bonds. The van der Waals surface area contributed by atoms with Gasteiger partial charge in [0.05, 0.1) is 6.10 Å². The summed E-state index contributed by atoms with van der Waals surface area (Å²) in [4.78, 5) is 0. The maximum atomic E-state index is 9.10. The summed E-state index contributed by atoms with van der Waals surface area (Å²) in [6.45, 7) is 6.50. The molecule has 1 heteroatoms. The van der Waals surface area contributed by atoms with Crippen molar-refractivity contribution in [2.45, 2.75) is 91.1 Å². The van der Waals surface area contributed by atoms with Crippen LogP contribution in [-0.2, 0) is 0 Å². The van der Waals surface area contributed by atoms with Gasteiger partial charge in [0, 0.05) is 0 Å². The van der Waals surface area contributed by atoms with Gasteiger partial charge in [-0.3, -0.25) is 0 Å². The van der Waals surface area contributed by atoms with E-state index in [1.54, 1.807) is 0 Å². The Balaban J connectivity index is 2.93. The molecule has 0 aliphatic heterocycles. The van der Waals surface area contributed by atoms with E-state index < -0.39 is 0 Å². The van der Waals surface area contributed by atoms with Crippen LogP contribution in [0.5, 0.6) is 0 Å². The molecule has 0 spiro atoms. The van der Waals surface area contributed by atoms with Gasteiger partial charge in [-0.25, -0.2) is 0 Å². The number of aliphatic hydroxyl groups is 1. The van der Waals surface area contributed by atoms with Gasteiger partial charge in [0.25, 0.3) is 0 Å². The van der Waals surface area contributed by atoms with Crippen molar-refractivity contribution in [3.8, 4) is 0 Å². The first kappa shape index (κ1) is 16.0. The van der Waals surface area contributed by atoms with E-state index in [1.165, 1.54) is 57.8 Å². The average molecular weight is 228 g/mol. The van der Waals surface area contributed by atoms with Crippen LogP contribution < -0.4 is 0 Å². The summed E-state index contributed by atoms with van der Waals surface area (Å²) in [5.41, 5.74) is 0. The van der Waals surface area contributed by atoms with Crippen LogP contribution >= 0.6 is 0 Å². The third kappa shape index (κ3) is 14.0. The second kappa shape index (κ2) is 11.4. The molecule has 1 N–H and O–H groups in total. The summed E-state index contributed by atoms with van der Waals surface area (Å²) in [6, 6.07) is 0. The Morgan fingerprint density at radius 1 is 0.625 bits per heavy atom. The maximum absolute atomic E-state index is 9.10. The van der Waals surface area contributed by atoms with Gasteiger partial charge in [0.1, 0.15) is 0 Å². The van der Waals surface area contributed by atoms with E-state index >= 15 is 0 Å². The van der Waals surface area contributed by atoms with E-state index in [9.17, 15) is 0 Å². The minimum Gasteiger partial charge on any atom is -0.393 e. The second-order valence-corrected chi connectivity index (χ2v) is 5.65. The lowest BCUT2D eigenvalue weighted by molar-refractivity contribution is 0.180. The molecule has 0 aromatic carbocycles. The van der Waals surface area contributed by atoms with Gasteiger partial charge in [-0.05, 0) is 19.3 Å². The quantitative estimate of drug-likeness (QED) is 0.497. The van der Waals surface area contributed by atoms with Gasteiger partial charge >= 0.3 is 0 Å². The smallest absolute Gasteiger partial charge is 0.0512 e. The highest BCUT2D eigenvalue weighted by atomic mass is 16.3. The third-order valence-electron chi connectivity index (χ3n) is 3.15.